The Morgan fingerprint density at radius 3 is 3.15 bits per heavy atom. The Balaban J connectivity index is 1.42. The van der Waals surface area contributed by atoms with Crippen LogP contribution in [0, 0.1) is 12.7 Å². The summed E-state index contributed by atoms with van der Waals surface area (Å²) in [5, 5.41) is 10.7. The lowest BCUT2D eigenvalue weighted by atomic mass is 9.89. The molecule has 0 radical (unpaired) electrons. The Hall–Kier alpha value is -2.81. The van der Waals surface area contributed by atoms with E-state index in [2.05, 4.69) is 20.7 Å². The Kier molecular flexibility index (Phi) is 4.15. The van der Waals surface area contributed by atoms with Crippen molar-refractivity contribution in [3.63, 3.8) is 0 Å². The highest BCUT2D eigenvalue weighted by Gasteiger charge is 2.30. The van der Waals surface area contributed by atoms with Gasteiger partial charge in [-0.1, -0.05) is 11.3 Å². The standard InChI is InChI=1S/C17H16FN5O2S/c1-9-22-23-8-11(20-17(23)26-9)4-5-19-16(25)13-7-15(24)21-14-3-2-10(18)6-12(13)14/h2-3,6,8,13H,4-5,7H2,1H3,(H,19,25)(H,21,24)/t13-/m0/s1. The Bertz CT molecular complexity index is 980. The highest BCUT2D eigenvalue weighted by Crippen LogP contribution is 2.32. The molecule has 7 nitrogen and oxygen atoms in total. The number of nitrogens with zero attached hydrogens (tertiary/aromatic N) is 3. The number of imidazole rings is 1. The number of anilines is 1. The average molecular weight is 373 g/mol. The summed E-state index contributed by atoms with van der Waals surface area (Å²) in [6, 6.07) is 4.05. The minimum atomic E-state index is -0.691. The zero-order valence-electron chi connectivity index (χ0n) is 14.0. The summed E-state index contributed by atoms with van der Waals surface area (Å²) in [5.41, 5.74) is 1.82. The number of nitrogens with one attached hydrogen (secondary N) is 2. The Morgan fingerprint density at radius 2 is 2.35 bits per heavy atom. The largest absolute Gasteiger partial charge is 0.355 e. The number of hydrogen-bond donors (Lipinski definition) is 2. The van der Waals surface area contributed by atoms with E-state index in [1.165, 1.54) is 29.5 Å². The molecule has 134 valence electrons. The molecule has 26 heavy (non-hydrogen) atoms. The van der Waals surface area contributed by atoms with Crippen molar-refractivity contribution in [3.05, 3.63) is 46.5 Å². The highest BCUT2D eigenvalue weighted by molar-refractivity contribution is 7.16. The van der Waals surface area contributed by atoms with Gasteiger partial charge in [0.1, 0.15) is 10.8 Å². The predicted molar refractivity (Wildman–Crippen MR) is 94.7 cm³/mol. The van der Waals surface area contributed by atoms with E-state index in [0.717, 1.165) is 15.7 Å². The molecule has 0 fully saturated rings. The molecule has 9 heteroatoms. The third-order valence-corrected chi connectivity index (χ3v) is 5.08. The second kappa shape index (κ2) is 6.49. The van der Waals surface area contributed by atoms with Gasteiger partial charge < -0.3 is 10.6 Å². The molecule has 0 bridgehead atoms. The van der Waals surface area contributed by atoms with Crippen molar-refractivity contribution in [2.75, 3.05) is 11.9 Å². The first-order chi connectivity index (χ1) is 12.5. The SMILES string of the molecule is Cc1nn2cc(CCNC(=O)[C@H]3CC(=O)Nc4ccc(F)cc43)nc2s1. The first-order valence-corrected chi connectivity index (χ1v) is 9.00. The van der Waals surface area contributed by atoms with E-state index in [-0.39, 0.29) is 18.2 Å². The fourth-order valence-corrected chi connectivity index (χ4v) is 3.81. The number of halogens is 1. The smallest absolute Gasteiger partial charge is 0.228 e. The third kappa shape index (κ3) is 3.17. The number of carbonyl (C=O) groups excluding carboxylic acids is 2. The zero-order chi connectivity index (χ0) is 18.3. The molecule has 0 spiro atoms. The van der Waals surface area contributed by atoms with Gasteiger partial charge >= 0.3 is 0 Å². The number of amides is 2. The summed E-state index contributed by atoms with van der Waals surface area (Å²) in [6.07, 6.45) is 2.39. The fourth-order valence-electron chi connectivity index (χ4n) is 3.07. The van der Waals surface area contributed by atoms with Crippen molar-refractivity contribution in [2.45, 2.75) is 25.7 Å². The zero-order valence-corrected chi connectivity index (χ0v) is 14.8. The van der Waals surface area contributed by atoms with E-state index >= 15 is 0 Å². The van der Waals surface area contributed by atoms with Crippen LogP contribution in [-0.4, -0.2) is 33.0 Å². The molecule has 2 amide bonds. The van der Waals surface area contributed by atoms with E-state index in [0.29, 0.717) is 24.2 Å². The van der Waals surface area contributed by atoms with Crippen LogP contribution in [0.5, 0.6) is 0 Å². The second-order valence-corrected chi connectivity index (χ2v) is 7.32. The van der Waals surface area contributed by atoms with Crippen molar-refractivity contribution >= 4 is 33.8 Å². The highest BCUT2D eigenvalue weighted by atomic mass is 32.1. The predicted octanol–water partition coefficient (Wildman–Crippen LogP) is 2.02. The minimum Gasteiger partial charge on any atom is -0.355 e. The van der Waals surface area contributed by atoms with E-state index < -0.39 is 11.7 Å². The normalized spacial score (nSPS) is 16.4. The molecule has 1 aliphatic heterocycles. The van der Waals surface area contributed by atoms with Gasteiger partial charge in [0, 0.05) is 25.1 Å². The van der Waals surface area contributed by atoms with E-state index in [1.54, 1.807) is 4.52 Å². The molecule has 3 aromatic rings. The van der Waals surface area contributed by atoms with Gasteiger partial charge in [0.15, 0.2) is 0 Å². The van der Waals surface area contributed by atoms with Gasteiger partial charge in [-0.05, 0) is 30.7 Å². The second-order valence-electron chi connectivity index (χ2n) is 6.16. The van der Waals surface area contributed by atoms with Gasteiger partial charge in [-0.15, -0.1) is 0 Å². The van der Waals surface area contributed by atoms with Crippen molar-refractivity contribution < 1.29 is 14.0 Å². The molecule has 0 saturated carbocycles. The van der Waals surface area contributed by atoms with Crippen LogP contribution in [0.2, 0.25) is 0 Å². The molecule has 2 aromatic heterocycles. The molecule has 0 aliphatic carbocycles. The van der Waals surface area contributed by atoms with Gasteiger partial charge in [0.2, 0.25) is 16.8 Å². The van der Waals surface area contributed by atoms with Crippen molar-refractivity contribution in [1.82, 2.24) is 19.9 Å². The number of aryl methyl sites for hydroxylation is 1. The molecule has 1 aromatic carbocycles. The maximum atomic E-state index is 13.5. The van der Waals surface area contributed by atoms with Crippen molar-refractivity contribution in [3.8, 4) is 0 Å². The summed E-state index contributed by atoms with van der Waals surface area (Å²) in [5.74, 6) is -1.66. The number of fused-ring (bicyclic) bond motifs is 2. The lowest BCUT2D eigenvalue weighted by Crippen LogP contribution is -2.36. The van der Waals surface area contributed by atoms with Crippen LogP contribution < -0.4 is 10.6 Å². The van der Waals surface area contributed by atoms with Crippen LogP contribution in [0.25, 0.3) is 4.96 Å². The van der Waals surface area contributed by atoms with Crippen LogP contribution in [-0.2, 0) is 16.0 Å². The molecular formula is C17H16FN5O2S. The van der Waals surface area contributed by atoms with Gasteiger partial charge in [0.05, 0.1) is 17.8 Å². The van der Waals surface area contributed by atoms with Crippen LogP contribution in [0.1, 0.15) is 28.6 Å². The minimum absolute atomic E-state index is 0.00565. The van der Waals surface area contributed by atoms with Gasteiger partial charge in [-0.25, -0.2) is 13.9 Å². The van der Waals surface area contributed by atoms with E-state index in [9.17, 15) is 14.0 Å². The first-order valence-electron chi connectivity index (χ1n) is 8.18. The molecule has 0 saturated heterocycles. The molecule has 0 unspecified atom stereocenters. The summed E-state index contributed by atoms with van der Waals surface area (Å²) in [4.78, 5) is 29.6. The van der Waals surface area contributed by atoms with Crippen LogP contribution in [0.15, 0.2) is 24.4 Å². The van der Waals surface area contributed by atoms with Crippen LogP contribution >= 0.6 is 11.3 Å². The Labute approximate surface area is 152 Å². The van der Waals surface area contributed by atoms with Crippen LogP contribution in [0.3, 0.4) is 0 Å². The maximum Gasteiger partial charge on any atom is 0.228 e. The lowest BCUT2D eigenvalue weighted by molar-refractivity contribution is -0.126. The number of hydrogen-bond acceptors (Lipinski definition) is 5. The Morgan fingerprint density at radius 1 is 1.50 bits per heavy atom. The molecule has 1 atom stereocenters. The summed E-state index contributed by atoms with van der Waals surface area (Å²) in [7, 11) is 0. The molecule has 1 aliphatic rings. The number of rotatable bonds is 4. The molecule has 2 N–H and O–H groups in total. The van der Waals surface area contributed by atoms with E-state index in [1.807, 2.05) is 13.1 Å². The maximum absolute atomic E-state index is 13.5. The van der Waals surface area contributed by atoms with Crippen LogP contribution in [0.4, 0.5) is 10.1 Å². The third-order valence-electron chi connectivity index (χ3n) is 4.24. The first kappa shape index (κ1) is 16.6. The fraction of sp³-hybridized carbons (Fsp3) is 0.294. The van der Waals surface area contributed by atoms with Crippen molar-refractivity contribution in [2.24, 2.45) is 0 Å². The number of carbonyl (C=O) groups is 2. The summed E-state index contributed by atoms with van der Waals surface area (Å²) < 4.78 is 15.3. The van der Waals surface area contributed by atoms with Crippen molar-refractivity contribution in [1.29, 1.82) is 0 Å². The average Bonchev–Trinajstić information content (AvgIpc) is 3.11. The molecule has 4 rings (SSSR count). The summed E-state index contributed by atoms with van der Waals surface area (Å²) >= 11 is 1.50. The molecular weight excluding hydrogens is 357 g/mol. The molecule has 3 heterocycles. The monoisotopic (exact) mass is 373 g/mol. The quantitative estimate of drug-likeness (QED) is 0.732. The number of benzene rings is 1. The topological polar surface area (TPSA) is 88.4 Å². The van der Waals surface area contributed by atoms with Gasteiger partial charge in [-0.2, -0.15) is 5.10 Å². The van der Waals surface area contributed by atoms with Gasteiger partial charge in [-0.3, -0.25) is 9.59 Å². The number of aromatic nitrogens is 3. The van der Waals surface area contributed by atoms with Gasteiger partial charge in [0.25, 0.3) is 0 Å². The lowest BCUT2D eigenvalue weighted by Gasteiger charge is -2.24. The summed E-state index contributed by atoms with van der Waals surface area (Å²) in [6.45, 7) is 2.30. The van der Waals surface area contributed by atoms with E-state index in [4.69, 9.17) is 0 Å².